The normalized spacial score (nSPS) is 7.57. The topological polar surface area (TPSA) is 0 Å². The Morgan fingerprint density at radius 1 is 1.71 bits per heavy atom. The first-order valence-corrected chi connectivity index (χ1v) is 2.64. The van der Waals surface area contributed by atoms with Crippen LogP contribution in [0.3, 0.4) is 0 Å². The first-order chi connectivity index (χ1) is 2.89. The van der Waals surface area contributed by atoms with Gasteiger partial charge < -0.3 is 11.3 Å². The van der Waals surface area contributed by atoms with Crippen LogP contribution >= 0.6 is 11.3 Å². The van der Waals surface area contributed by atoms with Crippen LogP contribution in [0.5, 0.6) is 0 Å². The Bertz CT molecular complexity index is 112. The molecular formula is C5H5SW-. The summed E-state index contributed by atoms with van der Waals surface area (Å²) < 4.78 is 0. The van der Waals surface area contributed by atoms with Gasteiger partial charge in [-0.25, -0.2) is 6.07 Å². The number of aryl methyl sites for hydroxylation is 1. The van der Waals surface area contributed by atoms with Crippen LogP contribution in [0.2, 0.25) is 0 Å². The summed E-state index contributed by atoms with van der Waals surface area (Å²) in [5.74, 6) is 0. The van der Waals surface area contributed by atoms with Gasteiger partial charge in [0.2, 0.25) is 0 Å². The van der Waals surface area contributed by atoms with Crippen LogP contribution in [0, 0.1) is 12.3 Å². The van der Waals surface area contributed by atoms with Gasteiger partial charge >= 0.3 is 0 Å². The van der Waals surface area contributed by atoms with Gasteiger partial charge in [0.25, 0.3) is 0 Å². The minimum atomic E-state index is 0. The summed E-state index contributed by atoms with van der Waals surface area (Å²) in [6, 6.07) is 3.98. The van der Waals surface area contributed by atoms with E-state index in [9.17, 15) is 0 Å². The Balaban J connectivity index is 0.000000360. The smallest absolute Gasteiger partial charge is 0 e. The summed E-state index contributed by atoms with van der Waals surface area (Å²) in [6.45, 7) is 2.07. The van der Waals surface area contributed by atoms with E-state index in [4.69, 9.17) is 0 Å². The van der Waals surface area contributed by atoms with Gasteiger partial charge in [0.1, 0.15) is 0 Å². The minimum absolute atomic E-state index is 0. The summed E-state index contributed by atoms with van der Waals surface area (Å²) in [5.41, 5.74) is 0. The predicted octanol–water partition coefficient (Wildman–Crippen LogP) is 1.85. The Labute approximate surface area is 61.8 Å². The van der Waals surface area contributed by atoms with Crippen LogP contribution in [0.15, 0.2) is 12.1 Å². The zero-order chi connectivity index (χ0) is 4.41. The van der Waals surface area contributed by atoms with E-state index in [1.165, 1.54) is 4.88 Å². The first-order valence-electron chi connectivity index (χ1n) is 1.82. The van der Waals surface area contributed by atoms with E-state index in [0.29, 0.717) is 0 Å². The van der Waals surface area contributed by atoms with Crippen molar-refractivity contribution in [3.8, 4) is 0 Å². The zero-order valence-electron chi connectivity index (χ0n) is 3.97. The molecule has 0 saturated carbocycles. The van der Waals surface area contributed by atoms with Crippen molar-refractivity contribution in [2.75, 3.05) is 0 Å². The molecule has 0 aromatic carbocycles. The molecule has 38 valence electrons. The van der Waals surface area contributed by atoms with Crippen molar-refractivity contribution >= 4 is 11.3 Å². The zero-order valence-corrected chi connectivity index (χ0v) is 7.72. The van der Waals surface area contributed by atoms with E-state index in [1.807, 2.05) is 12.1 Å². The third kappa shape index (κ3) is 2.25. The van der Waals surface area contributed by atoms with Crippen molar-refractivity contribution in [3.05, 3.63) is 22.4 Å². The molecule has 1 rings (SSSR count). The molecule has 7 heavy (non-hydrogen) atoms. The maximum absolute atomic E-state index is 2.97. The molecule has 2 heteroatoms. The van der Waals surface area contributed by atoms with E-state index in [1.54, 1.807) is 11.3 Å². The molecule has 0 radical (unpaired) electrons. The second kappa shape index (κ2) is 3.40. The van der Waals surface area contributed by atoms with Gasteiger partial charge in [-0.1, -0.05) is 6.92 Å². The fourth-order valence-electron chi connectivity index (χ4n) is 0.312. The van der Waals surface area contributed by atoms with Crippen molar-refractivity contribution in [2.45, 2.75) is 6.92 Å². The average Bonchev–Trinajstić information content (AvgIpc) is 1.86. The molecule has 0 aliphatic carbocycles. The second-order valence-corrected chi connectivity index (χ2v) is 2.25. The third-order valence-corrected chi connectivity index (χ3v) is 1.32. The van der Waals surface area contributed by atoms with E-state index >= 15 is 0 Å². The van der Waals surface area contributed by atoms with Gasteiger partial charge in [-0.3, -0.25) is 0 Å². The molecule has 1 aromatic rings. The largest absolute Gasteiger partial charge is 0.301 e. The van der Waals surface area contributed by atoms with E-state index in [2.05, 4.69) is 12.3 Å². The van der Waals surface area contributed by atoms with Gasteiger partial charge in [-0.2, -0.15) is 10.9 Å². The van der Waals surface area contributed by atoms with Crippen LogP contribution in [0.4, 0.5) is 0 Å². The van der Waals surface area contributed by atoms with E-state index in [-0.39, 0.29) is 21.1 Å². The number of thiophene rings is 1. The Hall–Kier alpha value is 0.388. The van der Waals surface area contributed by atoms with Crippen LogP contribution in [0.25, 0.3) is 0 Å². The van der Waals surface area contributed by atoms with Gasteiger partial charge in [0.05, 0.1) is 0 Å². The molecule has 0 aliphatic heterocycles. The summed E-state index contributed by atoms with van der Waals surface area (Å²) in [6.07, 6.45) is 0. The minimum Gasteiger partial charge on any atom is -0.301 e. The molecule has 0 unspecified atom stereocenters. The van der Waals surface area contributed by atoms with Crippen molar-refractivity contribution in [1.29, 1.82) is 0 Å². The Morgan fingerprint density at radius 3 is 2.57 bits per heavy atom. The molecular weight excluding hydrogens is 276 g/mol. The predicted molar refractivity (Wildman–Crippen MR) is 27.9 cm³/mol. The van der Waals surface area contributed by atoms with Gasteiger partial charge in [-0.05, 0) is 0 Å². The fraction of sp³-hybridized carbons (Fsp3) is 0.200. The second-order valence-electron chi connectivity index (χ2n) is 1.16. The van der Waals surface area contributed by atoms with Crippen LogP contribution in [-0.4, -0.2) is 0 Å². The maximum Gasteiger partial charge on any atom is 0 e. The maximum atomic E-state index is 2.97. The summed E-state index contributed by atoms with van der Waals surface area (Å²) in [4.78, 5) is 1.33. The monoisotopic (exact) mass is 281 g/mol. The number of rotatable bonds is 0. The summed E-state index contributed by atoms with van der Waals surface area (Å²) in [7, 11) is 0. The van der Waals surface area contributed by atoms with Crippen LogP contribution < -0.4 is 0 Å². The van der Waals surface area contributed by atoms with Crippen LogP contribution in [-0.2, 0) is 21.1 Å². The molecule has 0 nitrogen and oxygen atoms in total. The van der Waals surface area contributed by atoms with Crippen molar-refractivity contribution < 1.29 is 21.1 Å². The van der Waals surface area contributed by atoms with Gasteiger partial charge in [0.15, 0.2) is 0 Å². The molecule has 0 bridgehead atoms. The number of hydrogen-bond acceptors (Lipinski definition) is 1. The Kier molecular flexibility index (Phi) is 3.59. The molecule has 0 aliphatic rings. The molecule has 0 amide bonds. The van der Waals surface area contributed by atoms with Gasteiger partial charge in [-0.15, -0.1) is 5.38 Å². The number of hydrogen-bond donors (Lipinski definition) is 0. The van der Waals surface area contributed by atoms with E-state index in [0.717, 1.165) is 0 Å². The molecule has 0 spiro atoms. The van der Waals surface area contributed by atoms with E-state index < -0.39 is 0 Å². The summed E-state index contributed by atoms with van der Waals surface area (Å²) >= 11 is 1.65. The molecule has 0 N–H and O–H groups in total. The molecule has 0 saturated heterocycles. The first kappa shape index (κ1) is 7.39. The molecule has 0 fully saturated rings. The molecule has 0 atom stereocenters. The van der Waals surface area contributed by atoms with Crippen molar-refractivity contribution in [2.24, 2.45) is 0 Å². The Morgan fingerprint density at radius 2 is 2.43 bits per heavy atom. The standard InChI is InChI=1S/C5H5S.W/c1-5-3-2-4-6-5;/h2-3H,1H3;/q-1;. The quantitative estimate of drug-likeness (QED) is 0.637. The molecule has 1 aromatic heterocycles. The molecule has 1 heterocycles. The third-order valence-electron chi connectivity index (χ3n) is 0.606. The summed E-state index contributed by atoms with van der Waals surface area (Å²) in [5, 5.41) is 2.97. The fourth-order valence-corrected chi connectivity index (χ4v) is 0.770. The van der Waals surface area contributed by atoms with Crippen molar-refractivity contribution in [3.63, 3.8) is 0 Å². The van der Waals surface area contributed by atoms with Crippen molar-refractivity contribution in [1.82, 2.24) is 0 Å². The van der Waals surface area contributed by atoms with Gasteiger partial charge in [0, 0.05) is 21.1 Å². The van der Waals surface area contributed by atoms with Crippen LogP contribution in [0.1, 0.15) is 4.88 Å². The SMILES string of the molecule is Cc1cc[c-]s1.[W]. The average molecular weight is 281 g/mol.